The third kappa shape index (κ3) is 8.14. The monoisotopic (exact) mass is 592 g/mol. The Morgan fingerprint density at radius 2 is 1.90 bits per heavy atom. The van der Waals surface area contributed by atoms with Gasteiger partial charge < -0.3 is 29.7 Å². The first-order chi connectivity index (χ1) is 19.2. The molecule has 0 aliphatic carbocycles. The second-order valence-electron chi connectivity index (χ2n) is 12.7. The highest BCUT2D eigenvalue weighted by Crippen LogP contribution is 2.34. The molecule has 0 saturated carbocycles. The number of alkyl carbamates (subject to hydrolysis) is 1. The Morgan fingerprint density at radius 3 is 2.61 bits per heavy atom. The number of amides is 4. The minimum Gasteiger partial charge on any atom is -0.487 e. The Kier molecular flexibility index (Phi) is 9.55. The van der Waals surface area contributed by atoms with Gasteiger partial charge in [-0.15, -0.1) is 0 Å². The van der Waals surface area contributed by atoms with Crippen LogP contribution in [0, 0.1) is 0 Å². The van der Waals surface area contributed by atoms with Crippen LogP contribution < -0.4 is 15.4 Å². The molecule has 0 aromatic heterocycles. The average molecular weight is 593 g/mol. The van der Waals surface area contributed by atoms with Crippen molar-refractivity contribution < 1.29 is 33.4 Å². The van der Waals surface area contributed by atoms with E-state index in [0.717, 1.165) is 22.8 Å². The van der Waals surface area contributed by atoms with E-state index in [0.29, 0.717) is 30.9 Å². The van der Waals surface area contributed by atoms with Crippen molar-refractivity contribution in [2.45, 2.75) is 70.4 Å². The molecule has 4 rings (SSSR count). The number of carbonyl (C=O) groups is 4. The third-order valence-electron chi connectivity index (χ3n) is 7.25. The van der Waals surface area contributed by atoms with Crippen LogP contribution in [-0.2, 0) is 25.6 Å². The Hall–Kier alpha value is -2.83. The molecule has 2 N–H and O–H groups in total. The molecule has 4 amide bonds. The van der Waals surface area contributed by atoms with Gasteiger partial charge in [0.05, 0.1) is 12.6 Å². The van der Waals surface area contributed by atoms with Crippen molar-refractivity contribution in [3.05, 3.63) is 29.3 Å². The van der Waals surface area contributed by atoms with Gasteiger partial charge in [0, 0.05) is 30.8 Å². The van der Waals surface area contributed by atoms with Crippen LogP contribution in [0.15, 0.2) is 18.2 Å². The van der Waals surface area contributed by atoms with E-state index in [1.165, 1.54) is 0 Å². The highest BCUT2D eigenvalue weighted by Gasteiger charge is 2.43. The lowest BCUT2D eigenvalue weighted by Crippen LogP contribution is -2.55. The summed E-state index contributed by atoms with van der Waals surface area (Å²) in [5.41, 5.74) is 0.674. The van der Waals surface area contributed by atoms with Crippen LogP contribution in [0.4, 0.5) is 4.79 Å². The summed E-state index contributed by atoms with van der Waals surface area (Å²) >= 11 is 0. The summed E-state index contributed by atoms with van der Waals surface area (Å²) in [5, 5.41) is 6.22. The largest absolute Gasteiger partial charge is 0.487 e. The zero-order chi connectivity index (χ0) is 29.9. The first-order valence-electron chi connectivity index (χ1n) is 14.1. The number of ether oxygens (including phenoxy) is 3. The fourth-order valence-electron chi connectivity index (χ4n) is 5.11. The van der Waals surface area contributed by atoms with Crippen molar-refractivity contribution in [2.75, 3.05) is 50.9 Å². The molecule has 11 nitrogen and oxygen atoms in total. The fourth-order valence-corrected chi connectivity index (χ4v) is 5.73. The van der Waals surface area contributed by atoms with Crippen molar-refractivity contribution in [3.8, 4) is 5.75 Å². The molecule has 2 saturated heterocycles. The highest BCUT2D eigenvalue weighted by molar-refractivity contribution is 8.32. The zero-order valence-electron chi connectivity index (χ0n) is 25.0. The number of carbonyl (C=O) groups excluding carboxylic acids is 4. The molecule has 3 heterocycles. The number of rotatable bonds is 9. The summed E-state index contributed by atoms with van der Waals surface area (Å²) in [4.78, 5) is 54.2. The van der Waals surface area contributed by atoms with Crippen molar-refractivity contribution in [1.29, 1.82) is 0 Å². The Bertz CT molecular complexity index is 1160. The van der Waals surface area contributed by atoms with Crippen molar-refractivity contribution in [1.82, 2.24) is 20.4 Å². The van der Waals surface area contributed by atoms with E-state index in [-0.39, 0.29) is 50.1 Å². The molecule has 1 unspecified atom stereocenters. The lowest BCUT2D eigenvalue weighted by molar-refractivity contribution is -0.158. The molecule has 3 atom stereocenters. The lowest BCUT2D eigenvalue weighted by Gasteiger charge is -2.35. The molecular formula is C29H44N4O7S. The van der Waals surface area contributed by atoms with Crippen LogP contribution in [0.5, 0.6) is 5.75 Å². The number of imide groups is 1. The number of hydrogen-bond donors (Lipinski definition) is 2. The van der Waals surface area contributed by atoms with Crippen LogP contribution in [0.1, 0.15) is 56.0 Å². The minimum absolute atomic E-state index is 0.0927. The van der Waals surface area contributed by atoms with Crippen LogP contribution in [0.2, 0.25) is 0 Å². The van der Waals surface area contributed by atoms with Gasteiger partial charge in [0.25, 0.3) is 11.8 Å². The molecule has 1 aromatic rings. The smallest absolute Gasteiger partial charge is 0.408 e. The molecule has 12 heteroatoms. The summed E-state index contributed by atoms with van der Waals surface area (Å²) in [5.74, 6) is 0.548. The van der Waals surface area contributed by atoms with Crippen molar-refractivity contribution >= 4 is 33.8 Å². The molecule has 228 valence electrons. The molecule has 3 aliphatic heterocycles. The van der Waals surface area contributed by atoms with Gasteiger partial charge in [-0.3, -0.25) is 19.3 Å². The summed E-state index contributed by atoms with van der Waals surface area (Å²) in [7, 11) is -0.748. The maximum Gasteiger partial charge on any atom is 0.408 e. The van der Waals surface area contributed by atoms with E-state index in [1.807, 2.05) is 26.8 Å². The average Bonchev–Trinajstić information content (AvgIpc) is 3.18. The van der Waals surface area contributed by atoms with Gasteiger partial charge in [0.2, 0.25) is 5.91 Å². The minimum atomic E-state index is -0.748. The Morgan fingerprint density at radius 1 is 1.15 bits per heavy atom. The number of benzene rings is 1. The first-order valence-corrected chi connectivity index (χ1v) is 17.1. The molecule has 0 radical (unpaired) electrons. The molecule has 3 aliphatic rings. The number of nitrogens with one attached hydrogen (secondary N) is 2. The third-order valence-corrected chi connectivity index (χ3v) is 8.64. The summed E-state index contributed by atoms with van der Waals surface area (Å²) in [6.45, 7) is 7.37. The fraction of sp³-hybridized carbons (Fsp3) is 0.655. The van der Waals surface area contributed by atoms with Gasteiger partial charge in [0.15, 0.2) is 0 Å². The standard InChI is InChI=1S/C29H44N4O7S/c1-29(2,3)40-28(37)31-22-11-12-30-16-24(22)39-20-7-8-21-19(15-20)17-32(26(21)35)23-9-10-25(34)33(27(23)36)18-38-13-14-41(4,5)6/h7-8,15,22-24,30H,9-14,16-18H2,1-6H3,(H,31,37)/t22-,23?,24-/m0/s1. The quantitative estimate of drug-likeness (QED) is 0.331. The molecule has 41 heavy (non-hydrogen) atoms. The van der Waals surface area contributed by atoms with Gasteiger partial charge >= 0.3 is 6.09 Å². The summed E-state index contributed by atoms with van der Waals surface area (Å²) in [6, 6.07) is 4.31. The number of likely N-dealkylation sites (tertiary alicyclic amines) is 1. The zero-order valence-corrected chi connectivity index (χ0v) is 25.8. The predicted octanol–water partition coefficient (Wildman–Crippen LogP) is 2.46. The van der Waals surface area contributed by atoms with E-state index in [9.17, 15) is 19.2 Å². The molecule has 0 spiro atoms. The normalized spacial score (nSPS) is 23.9. The summed E-state index contributed by atoms with van der Waals surface area (Å²) < 4.78 is 17.4. The number of fused-ring (bicyclic) bond motifs is 1. The van der Waals surface area contributed by atoms with Crippen LogP contribution >= 0.6 is 10.0 Å². The van der Waals surface area contributed by atoms with Crippen molar-refractivity contribution in [3.63, 3.8) is 0 Å². The summed E-state index contributed by atoms with van der Waals surface area (Å²) in [6.07, 6.45) is 6.88. The van der Waals surface area contributed by atoms with E-state index in [2.05, 4.69) is 29.4 Å². The topological polar surface area (TPSA) is 127 Å². The molecule has 1 aromatic carbocycles. The van der Waals surface area contributed by atoms with Gasteiger partial charge in [-0.05, 0) is 82.7 Å². The predicted molar refractivity (Wildman–Crippen MR) is 157 cm³/mol. The lowest BCUT2D eigenvalue weighted by atomic mass is 10.0. The van der Waals surface area contributed by atoms with E-state index >= 15 is 0 Å². The highest BCUT2D eigenvalue weighted by atomic mass is 32.3. The maximum absolute atomic E-state index is 13.3. The van der Waals surface area contributed by atoms with Gasteiger partial charge in [-0.1, -0.05) is 0 Å². The second-order valence-corrected chi connectivity index (χ2v) is 17.3. The van der Waals surface area contributed by atoms with Crippen LogP contribution in [0.3, 0.4) is 0 Å². The van der Waals surface area contributed by atoms with E-state index < -0.39 is 33.7 Å². The van der Waals surface area contributed by atoms with Crippen molar-refractivity contribution in [2.24, 2.45) is 0 Å². The van der Waals surface area contributed by atoms with E-state index in [4.69, 9.17) is 14.2 Å². The van der Waals surface area contributed by atoms with Gasteiger partial charge in [-0.2, -0.15) is 0 Å². The van der Waals surface area contributed by atoms with Gasteiger partial charge in [0.1, 0.15) is 30.2 Å². The molecular weight excluding hydrogens is 548 g/mol. The number of hydrogen-bond acceptors (Lipinski definition) is 8. The SMILES string of the molecule is CC(C)(C)OC(=O)N[C@H]1CCNC[C@@H]1Oc1ccc2c(c1)CN(C1CCC(=O)N(COCCS(C)(C)C)C1=O)C2=O. The first kappa shape index (κ1) is 31.1. The molecule has 2 fully saturated rings. The van der Waals surface area contributed by atoms with E-state index in [1.54, 1.807) is 17.0 Å². The van der Waals surface area contributed by atoms with Gasteiger partial charge in [-0.25, -0.2) is 14.8 Å². The molecule has 0 bridgehead atoms. The number of nitrogens with zero attached hydrogens (tertiary/aromatic N) is 2. The Labute approximate surface area is 243 Å². The maximum atomic E-state index is 13.3. The number of piperidine rings is 2. The Balaban J connectivity index is 1.39. The van der Waals surface area contributed by atoms with Crippen LogP contribution in [-0.4, -0.2) is 108 Å². The second kappa shape index (κ2) is 12.6. The van der Waals surface area contributed by atoms with Crippen LogP contribution in [0.25, 0.3) is 0 Å².